The number of carbonyl (C=O) groups excluding carboxylic acids is 3. The maximum Gasteiger partial charge on any atom is 0.291 e. The van der Waals surface area contributed by atoms with Crippen LogP contribution in [0.5, 0.6) is 0 Å². The van der Waals surface area contributed by atoms with Crippen molar-refractivity contribution in [1.29, 1.82) is 0 Å². The average molecular weight is 483 g/mol. The molecular weight excluding hydrogens is 459 g/mol. The van der Waals surface area contributed by atoms with Gasteiger partial charge in [0.2, 0.25) is 5.78 Å². The van der Waals surface area contributed by atoms with Gasteiger partial charge in [0.05, 0.1) is 4.90 Å². The molecule has 9 heteroatoms. The number of amides is 1. The molecule has 7 nitrogen and oxygen atoms in total. The quantitative estimate of drug-likeness (QED) is 0.293. The van der Waals surface area contributed by atoms with Crippen LogP contribution in [0.3, 0.4) is 0 Å². The molecule has 0 N–H and O–H groups in total. The minimum atomic E-state index is -4.00. The van der Waals surface area contributed by atoms with Crippen molar-refractivity contribution in [2.24, 2.45) is 5.92 Å². The zero-order valence-corrected chi connectivity index (χ0v) is 19.5. The summed E-state index contributed by atoms with van der Waals surface area (Å²) in [6.07, 6.45) is 2.67. The SMILES string of the molecule is CC(C)N1CC(C(=O)c2cn(S(=O)(=O)c3ccccc3)cc2Cc2ccc(F)cc2)C(=O)C1=O. The molecular formula is C25H23FN2O5S. The number of hydrogen-bond donors (Lipinski definition) is 0. The number of aromatic nitrogens is 1. The van der Waals surface area contributed by atoms with E-state index >= 15 is 0 Å². The fourth-order valence-electron chi connectivity index (χ4n) is 4.00. The molecule has 1 aliphatic heterocycles. The molecule has 1 fully saturated rings. The van der Waals surface area contributed by atoms with Crippen LogP contribution in [0.1, 0.15) is 35.3 Å². The molecule has 0 spiro atoms. The highest BCUT2D eigenvalue weighted by Crippen LogP contribution is 2.27. The number of rotatable bonds is 7. The van der Waals surface area contributed by atoms with Crippen molar-refractivity contribution >= 4 is 27.5 Å². The Morgan fingerprint density at radius 2 is 1.68 bits per heavy atom. The van der Waals surface area contributed by atoms with Crippen molar-refractivity contribution in [2.75, 3.05) is 6.54 Å². The van der Waals surface area contributed by atoms with E-state index < -0.39 is 39.2 Å². The lowest BCUT2D eigenvalue weighted by Crippen LogP contribution is -2.33. The first-order chi connectivity index (χ1) is 16.1. The van der Waals surface area contributed by atoms with E-state index in [2.05, 4.69) is 0 Å². The van der Waals surface area contributed by atoms with E-state index in [-0.39, 0.29) is 29.5 Å². The largest absolute Gasteiger partial charge is 0.332 e. The summed E-state index contributed by atoms with van der Waals surface area (Å²) in [6.45, 7) is 3.45. The van der Waals surface area contributed by atoms with E-state index in [1.807, 2.05) is 0 Å². The van der Waals surface area contributed by atoms with Crippen LogP contribution in [-0.2, 0) is 26.0 Å². The van der Waals surface area contributed by atoms with Crippen LogP contribution >= 0.6 is 0 Å². The van der Waals surface area contributed by atoms with Crippen molar-refractivity contribution in [3.05, 3.63) is 89.5 Å². The van der Waals surface area contributed by atoms with E-state index in [0.717, 1.165) is 3.97 Å². The van der Waals surface area contributed by atoms with Gasteiger partial charge in [0.25, 0.3) is 15.9 Å². The maximum absolute atomic E-state index is 13.4. The molecule has 4 rings (SSSR count). The first-order valence-corrected chi connectivity index (χ1v) is 12.2. The Balaban J connectivity index is 1.77. The molecule has 3 aromatic rings. The molecule has 0 aliphatic carbocycles. The van der Waals surface area contributed by atoms with Crippen molar-refractivity contribution in [2.45, 2.75) is 31.2 Å². The standard InChI is InChI=1S/C25H23FN2O5S/c1-16(2)28-15-22(24(30)25(28)31)23(29)21-14-27(34(32,33)20-6-4-3-5-7-20)13-18(21)12-17-8-10-19(26)11-9-17/h3-11,13-14,16,22H,12,15H2,1-2H3. The second-order valence-corrected chi connectivity index (χ2v) is 10.3. The summed E-state index contributed by atoms with van der Waals surface area (Å²) < 4.78 is 40.7. The Morgan fingerprint density at radius 1 is 1.03 bits per heavy atom. The van der Waals surface area contributed by atoms with E-state index in [1.165, 1.54) is 53.7 Å². The summed E-state index contributed by atoms with van der Waals surface area (Å²) in [5, 5.41) is 0. The molecule has 1 aromatic heterocycles. The number of halogens is 1. The molecule has 1 atom stereocenters. The molecule has 1 aliphatic rings. The highest BCUT2D eigenvalue weighted by molar-refractivity contribution is 7.90. The number of nitrogens with zero attached hydrogens (tertiary/aromatic N) is 2. The van der Waals surface area contributed by atoms with Crippen molar-refractivity contribution < 1.29 is 27.2 Å². The summed E-state index contributed by atoms with van der Waals surface area (Å²) in [6, 6.07) is 13.1. The molecule has 2 aromatic carbocycles. The Kier molecular flexibility index (Phi) is 6.22. The zero-order chi connectivity index (χ0) is 24.6. The van der Waals surface area contributed by atoms with Crippen LogP contribution in [0.15, 0.2) is 71.9 Å². The normalized spacial score (nSPS) is 16.5. The topological polar surface area (TPSA) is 93.5 Å². The average Bonchev–Trinajstić information content (AvgIpc) is 3.37. The number of Topliss-reactive ketones (excluding diaryl/α,β-unsaturated/α-hetero) is 2. The summed E-state index contributed by atoms with van der Waals surface area (Å²) in [5.74, 6) is -3.76. The van der Waals surface area contributed by atoms with Crippen molar-refractivity contribution in [3.63, 3.8) is 0 Å². The smallest absolute Gasteiger partial charge is 0.291 e. The summed E-state index contributed by atoms with van der Waals surface area (Å²) in [4.78, 5) is 39.7. The van der Waals surface area contributed by atoms with Gasteiger partial charge in [0.1, 0.15) is 11.7 Å². The van der Waals surface area contributed by atoms with Gasteiger partial charge in [-0.15, -0.1) is 0 Å². The molecule has 34 heavy (non-hydrogen) atoms. The van der Waals surface area contributed by atoms with Gasteiger partial charge in [0.15, 0.2) is 5.78 Å². The van der Waals surface area contributed by atoms with Crippen LogP contribution in [-0.4, -0.2) is 47.4 Å². The van der Waals surface area contributed by atoms with Crippen LogP contribution in [0.25, 0.3) is 0 Å². The van der Waals surface area contributed by atoms with Gasteiger partial charge in [-0.1, -0.05) is 30.3 Å². The first-order valence-electron chi connectivity index (χ1n) is 10.7. The van der Waals surface area contributed by atoms with E-state index in [4.69, 9.17) is 0 Å². The minimum absolute atomic E-state index is 0.0374. The lowest BCUT2D eigenvalue weighted by molar-refractivity contribution is -0.141. The van der Waals surface area contributed by atoms with E-state index in [9.17, 15) is 27.2 Å². The van der Waals surface area contributed by atoms with Gasteiger partial charge >= 0.3 is 0 Å². The molecule has 2 heterocycles. The predicted molar refractivity (Wildman–Crippen MR) is 122 cm³/mol. The molecule has 0 radical (unpaired) electrons. The second-order valence-electron chi connectivity index (χ2n) is 8.48. The number of carbonyl (C=O) groups is 3. The Labute approximate surface area is 196 Å². The van der Waals surface area contributed by atoms with Crippen LogP contribution in [0.4, 0.5) is 4.39 Å². The van der Waals surface area contributed by atoms with Crippen molar-refractivity contribution in [3.8, 4) is 0 Å². The molecule has 1 amide bonds. The Hall–Kier alpha value is -3.59. The summed E-state index contributed by atoms with van der Waals surface area (Å²) in [7, 11) is -4.00. The summed E-state index contributed by atoms with van der Waals surface area (Å²) >= 11 is 0. The van der Waals surface area contributed by atoms with Crippen LogP contribution in [0, 0.1) is 11.7 Å². The lowest BCUT2D eigenvalue weighted by atomic mass is 9.93. The number of benzene rings is 2. The third-order valence-corrected chi connectivity index (χ3v) is 7.52. The predicted octanol–water partition coefficient (Wildman–Crippen LogP) is 3.07. The molecule has 1 unspecified atom stereocenters. The Bertz CT molecular complexity index is 1360. The third-order valence-electron chi connectivity index (χ3n) is 5.88. The molecule has 176 valence electrons. The monoisotopic (exact) mass is 482 g/mol. The molecule has 0 bridgehead atoms. The maximum atomic E-state index is 13.4. The number of likely N-dealkylation sites (tertiary alicyclic amines) is 1. The fourth-order valence-corrected chi connectivity index (χ4v) is 5.25. The zero-order valence-electron chi connectivity index (χ0n) is 18.6. The van der Waals surface area contributed by atoms with E-state index in [1.54, 1.807) is 32.0 Å². The number of hydrogen-bond acceptors (Lipinski definition) is 5. The number of ketones is 2. The first kappa shape index (κ1) is 23.6. The molecule has 0 saturated carbocycles. The second kappa shape index (κ2) is 8.98. The van der Waals surface area contributed by atoms with E-state index in [0.29, 0.717) is 11.1 Å². The van der Waals surface area contributed by atoms with Gasteiger partial charge in [-0.25, -0.2) is 16.8 Å². The van der Waals surface area contributed by atoms with Crippen LogP contribution in [0.2, 0.25) is 0 Å². The van der Waals surface area contributed by atoms with Crippen molar-refractivity contribution in [1.82, 2.24) is 8.87 Å². The van der Waals surface area contributed by atoms with Gasteiger partial charge in [-0.2, -0.15) is 0 Å². The van der Waals surface area contributed by atoms with Gasteiger partial charge in [-0.3, -0.25) is 14.4 Å². The van der Waals surface area contributed by atoms with Crippen LogP contribution < -0.4 is 0 Å². The highest BCUT2D eigenvalue weighted by Gasteiger charge is 2.44. The van der Waals surface area contributed by atoms with Gasteiger partial charge in [-0.05, 0) is 55.7 Å². The minimum Gasteiger partial charge on any atom is -0.332 e. The van der Waals surface area contributed by atoms with Gasteiger partial charge in [0, 0.05) is 30.5 Å². The summed E-state index contributed by atoms with van der Waals surface area (Å²) in [5.41, 5.74) is 1.06. The lowest BCUT2D eigenvalue weighted by Gasteiger charge is -2.19. The Morgan fingerprint density at radius 3 is 2.26 bits per heavy atom. The molecule has 1 saturated heterocycles. The fraction of sp³-hybridized carbons (Fsp3) is 0.240. The third kappa shape index (κ3) is 4.31. The van der Waals surface area contributed by atoms with Gasteiger partial charge < -0.3 is 4.90 Å². The highest BCUT2D eigenvalue weighted by atomic mass is 32.2.